The Bertz CT molecular complexity index is 578. The normalized spacial score (nSPS) is 10.7. The van der Waals surface area contributed by atoms with Crippen molar-refractivity contribution in [3.05, 3.63) is 40.0 Å². The van der Waals surface area contributed by atoms with Crippen LogP contribution < -0.4 is 10.5 Å². The highest BCUT2D eigenvalue weighted by atomic mass is 35.5. The molecule has 0 fully saturated rings. The topological polar surface area (TPSA) is 53.1 Å². The van der Waals surface area contributed by atoms with Crippen LogP contribution in [0.1, 0.15) is 16.8 Å². The van der Waals surface area contributed by atoms with Crippen molar-refractivity contribution in [2.45, 2.75) is 20.4 Å². The van der Waals surface area contributed by atoms with Gasteiger partial charge in [0.05, 0.1) is 11.3 Å². The summed E-state index contributed by atoms with van der Waals surface area (Å²) in [5.74, 6) is 1.44. The first-order valence-electron chi connectivity index (χ1n) is 5.69. The van der Waals surface area contributed by atoms with Gasteiger partial charge in [0, 0.05) is 18.6 Å². The van der Waals surface area contributed by atoms with Crippen LogP contribution in [0.15, 0.2) is 18.2 Å². The number of aryl methyl sites for hydroxylation is 3. The van der Waals surface area contributed by atoms with Crippen molar-refractivity contribution in [2.24, 2.45) is 12.8 Å². The van der Waals surface area contributed by atoms with E-state index in [0.717, 1.165) is 22.6 Å². The molecule has 0 saturated carbocycles. The van der Waals surface area contributed by atoms with Crippen molar-refractivity contribution >= 4 is 11.6 Å². The number of ether oxygens (including phenoxy) is 1. The fourth-order valence-electron chi connectivity index (χ4n) is 1.87. The predicted octanol–water partition coefficient (Wildman–Crippen LogP) is 2.94. The van der Waals surface area contributed by atoms with Crippen molar-refractivity contribution in [2.75, 3.05) is 0 Å². The molecule has 96 valence electrons. The first kappa shape index (κ1) is 12.9. The summed E-state index contributed by atoms with van der Waals surface area (Å²) in [6, 6.07) is 5.51. The number of nitrogens with two attached hydrogens (primary N) is 1. The van der Waals surface area contributed by atoms with E-state index >= 15 is 0 Å². The van der Waals surface area contributed by atoms with Gasteiger partial charge in [-0.1, -0.05) is 11.6 Å². The molecule has 5 heteroatoms. The lowest BCUT2D eigenvalue weighted by Gasteiger charge is -2.10. The third kappa shape index (κ3) is 2.35. The molecule has 0 radical (unpaired) electrons. The third-order valence-electron chi connectivity index (χ3n) is 2.84. The summed E-state index contributed by atoms with van der Waals surface area (Å²) in [5.41, 5.74) is 8.52. The van der Waals surface area contributed by atoms with E-state index in [4.69, 9.17) is 22.1 Å². The quantitative estimate of drug-likeness (QED) is 0.928. The predicted molar refractivity (Wildman–Crippen MR) is 72.1 cm³/mol. The molecule has 2 rings (SSSR count). The lowest BCUT2D eigenvalue weighted by Crippen LogP contribution is -2.01. The van der Waals surface area contributed by atoms with Gasteiger partial charge in [0.1, 0.15) is 5.75 Å². The second kappa shape index (κ2) is 5.00. The molecule has 0 atom stereocenters. The zero-order valence-electron chi connectivity index (χ0n) is 10.7. The molecule has 0 saturated heterocycles. The Hall–Kier alpha value is -1.52. The van der Waals surface area contributed by atoms with Crippen molar-refractivity contribution < 1.29 is 4.74 Å². The van der Waals surface area contributed by atoms with Crippen molar-refractivity contribution in [1.29, 1.82) is 0 Å². The van der Waals surface area contributed by atoms with E-state index in [9.17, 15) is 0 Å². The molecule has 0 amide bonds. The Balaban J connectivity index is 2.39. The molecular formula is C13H16ClN3O. The lowest BCUT2D eigenvalue weighted by molar-refractivity contribution is 0.423. The average Bonchev–Trinajstić information content (AvgIpc) is 2.57. The Kier molecular flexibility index (Phi) is 3.59. The molecule has 1 aromatic carbocycles. The van der Waals surface area contributed by atoms with Gasteiger partial charge in [-0.05, 0) is 37.6 Å². The van der Waals surface area contributed by atoms with Gasteiger partial charge < -0.3 is 10.5 Å². The van der Waals surface area contributed by atoms with Gasteiger partial charge in [-0.25, -0.2) is 4.68 Å². The molecule has 0 aliphatic heterocycles. The van der Waals surface area contributed by atoms with E-state index in [0.29, 0.717) is 17.4 Å². The summed E-state index contributed by atoms with van der Waals surface area (Å²) in [6.45, 7) is 4.28. The van der Waals surface area contributed by atoms with Crippen LogP contribution in [-0.2, 0) is 13.6 Å². The van der Waals surface area contributed by atoms with Crippen molar-refractivity contribution in [3.8, 4) is 11.6 Å². The van der Waals surface area contributed by atoms with E-state index in [1.54, 1.807) is 10.7 Å². The van der Waals surface area contributed by atoms with E-state index < -0.39 is 0 Å². The first-order chi connectivity index (χ1) is 8.52. The van der Waals surface area contributed by atoms with Gasteiger partial charge in [0.25, 0.3) is 0 Å². The van der Waals surface area contributed by atoms with Crippen LogP contribution >= 0.6 is 11.6 Å². The Morgan fingerprint density at radius 3 is 2.72 bits per heavy atom. The summed E-state index contributed by atoms with van der Waals surface area (Å²) in [6.07, 6.45) is 0. The lowest BCUT2D eigenvalue weighted by atomic mass is 10.2. The van der Waals surface area contributed by atoms with Gasteiger partial charge in [-0.15, -0.1) is 0 Å². The highest BCUT2D eigenvalue weighted by molar-refractivity contribution is 6.30. The van der Waals surface area contributed by atoms with Crippen molar-refractivity contribution in [1.82, 2.24) is 9.78 Å². The summed E-state index contributed by atoms with van der Waals surface area (Å²) in [5, 5.41) is 5.01. The third-order valence-corrected chi connectivity index (χ3v) is 3.07. The number of benzene rings is 1. The molecule has 2 aromatic rings. The zero-order valence-corrected chi connectivity index (χ0v) is 11.5. The van der Waals surface area contributed by atoms with Crippen LogP contribution in [0.3, 0.4) is 0 Å². The second-order valence-corrected chi connectivity index (χ2v) is 4.65. The van der Waals surface area contributed by atoms with Crippen LogP contribution in [0.5, 0.6) is 11.6 Å². The van der Waals surface area contributed by atoms with Crippen LogP contribution in [0.25, 0.3) is 0 Å². The maximum atomic E-state index is 5.92. The Labute approximate surface area is 111 Å². The highest BCUT2D eigenvalue weighted by Gasteiger charge is 2.14. The number of rotatable bonds is 3. The van der Waals surface area contributed by atoms with Gasteiger partial charge in [-0.2, -0.15) is 5.10 Å². The molecule has 18 heavy (non-hydrogen) atoms. The molecule has 0 aliphatic rings. The maximum absolute atomic E-state index is 5.92. The smallest absolute Gasteiger partial charge is 0.222 e. The molecule has 0 aliphatic carbocycles. The molecule has 1 heterocycles. The molecule has 0 bridgehead atoms. The average molecular weight is 266 g/mol. The summed E-state index contributed by atoms with van der Waals surface area (Å²) in [4.78, 5) is 0. The summed E-state index contributed by atoms with van der Waals surface area (Å²) >= 11 is 5.92. The molecule has 2 N–H and O–H groups in total. The number of aromatic nitrogens is 2. The van der Waals surface area contributed by atoms with Crippen LogP contribution in [-0.4, -0.2) is 9.78 Å². The fraction of sp³-hybridized carbons (Fsp3) is 0.308. The van der Waals surface area contributed by atoms with Crippen molar-refractivity contribution in [3.63, 3.8) is 0 Å². The number of halogens is 1. The van der Waals surface area contributed by atoms with Crippen LogP contribution in [0.2, 0.25) is 5.02 Å². The van der Waals surface area contributed by atoms with Gasteiger partial charge in [0.2, 0.25) is 5.88 Å². The summed E-state index contributed by atoms with van der Waals surface area (Å²) < 4.78 is 7.60. The minimum atomic E-state index is 0.404. The molecular weight excluding hydrogens is 250 g/mol. The van der Waals surface area contributed by atoms with E-state index in [1.807, 2.05) is 33.0 Å². The van der Waals surface area contributed by atoms with Crippen LogP contribution in [0.4, 0.5) is 0 Å². The Morgan fingerprint density at radius 1 is 1.39 bits per heavy atom. The van der Waals surface area contributed by atoms with Gasteiger partial charge in [0.15, 0.2) is 0 Å². The Morgan fingerprint density at radius 2 is 2.11 bits per heavy atom. The largest absolute Gasteiger partial charge is 0.439 e. The number of hydrogen-bond acceptors (Lipinski definition) is 3. The minimum absolute atomic E-state index is 0.404. The number of nitrogens with zero attached hydrogens (tertiary/aromatic N) is 2. The first-order valence-corrected chi connectivity index (χ1v) is 6.07. The molecule has 4 nitrogen and oxygen atoms in total. The number of hydrogen-bond donors (Lipinski definition) is 1. The van der Waals surface area contributed by atoms with E-state index in [1.165, 1.54) is 0 Å². The molecule has 0 spiro atoms. The van der Waals surface area contributed by atoms with E-state index in [-0.39, 0.29) is 0 Å². The standard InChI is InChI=1S/C13H16ClN3O/c1-8-6-10(14)4-5-12(8)18-13-11(7-15)9(2)16-17(13)3/h4-6H,7,15H2,1-3H3. The minimum Gasteiger partial charge on any atom is -0.439 e. The van der Waals surface area contributed by atoms with Gasteiger partial charge in [-0.3, -0.25) is 0 Å². The summed E-state index contributed by atoms with van der Waals surface area (Å²) in [7, 11) is 1.84. The second-order valence-electron chi connectivity index (χ2n) is 4.21. The van der Waals surface area contributed by atoms with E-state index in [2.05, 4.69) is 5.10 Å². The van der Waals surface area contributed by atoms with Gasteiger partial charge >= 0.3 is 0 Å². The molecule has 1 aromatic heterocycles. The molecule has 0 unspecified atom stereocenters. The SMILES string of the molecule is Cc1cc(Cl)ccc1Oc1c(CN)c(C)nn1C. The maximum Gasteiger partial charge on any atom is 0.222 e. The van der Waals surface area contributed by atoms with Crippen LogP contribution in [0, 0.1) is 13.8 Å². The highest BCUT2D eigenvalue weighted by Crippen LogP contribution is 2.30. The zero-order chi connectivity index (χ0) is 13.3. The monoisotopic (exact) mass is 265 g/mol. The fourth-order valence-corrected chi connectivity index (χ4v) is 2.10.